The molecule has 23 heavy (non-hydrogen) atoms. The Labute approximate surface area is 135 Å². The number of primary amides is 1. The van der Waals surface area contributed by atoms with Crippen LogP contribution in [0.25, 0.3) is 11.1 Å². The van der Waals surface area contributed by atoms with Gasteiger partial charge in [0.15, 0.2) is 0 Å². The van der Waals surface area contributed by atoms with E-state index in [2.05, 4.69) is 21.9 Å². The Morgan fingerprint density at radius 1 is 1.30 bits per heavy atom. The third-order valence-electron chi connectivity index (χ3n) is 4.50. The van der Waals surface area contributed by atoms with Crippen molar-refractivity contribution in [3.8, 4) is 11.1 Å². The highest BCUT2D eigenvalue weighted by Crippen LogP contribution is 2.26. The van der Waals surface area contributed by atoms with Crippen LogP contribution in [0.15, 0.2) is 24.7 Å². The van der Waals surface area contributed by atoms with Crippen LogP contribution in [0, 0.1) is 0 Å². The maximum absolute atomic E-state index is 11.4. The summed E-state index contributed by atoms with van der Waals surface area (Å²) in [5, 5.41) is 4.49. The van der Waals surface area contributed by atoms with E-state index in [1.165, 1.54) is 0 Å². The molecule has 0 bridgehead atoms. The summed E-state index contributed by atoms with van der Waals surface area (Å²) < 4.78 is 2.02. The van der Waals surface area contributed by atoms with Crippen LogP contribution in [-0.2, 0) is 0 Å². The molecule has 0 saturated carbocycles. The monoisotopic (exact) mass is 314 g/mol. The summed E-state index contributed by atoms with van der Waals surface area (Å²) in [7, 11) is 0. The minimum Gasteiger partial charge on any atom is -0.383 e. The van der Waals surface area contributed by atoms with Gasteiger partial charge in [-0.25, -0.2) is 4.98 Å². The van der Waals surface area contributed by atoms with Crippen LogP contribution in [0.2, 0.25) is 0 Å². The zero-order valence-electron chi connectivity index (χ0n) is 13.3. The van der Waals surface area contributed by atoms with Crippen LogP contribution in [0.4, 0.5) is 5.82 Å². The first-order valence-corrected chi connectivity index (χ1v) is 7.90. The molecule has 1 fully saturated rings. The molecule has 0 aromatic carbocycles. The summed E-state index contributed by atoms with van der Waals surface area (Å²) in [6.45, 7) is 5.50. The molecule has 0 radical (unpaired) electrons. The molecular formula is C16H22N6O. The topological polar surface area (TPSA) is 103 Å². The average Bonchev–Trinajstić information content (AvgIpc) is 3.05. The summed E-state index contributed by atoms with van der Waals surface area (Å²) in [6, 6.07) is 2.09. The van der Waals surface area contributed by atoms with E-state index >= 15 is 0 Å². The van der Waals surface area contributed by atoms with E-state index in [1.54, 1.807) is 18.5 Å². The van der Waals surface area contributed by atoms with Crippen molar-refractivity contribution in [2.45, 2.75) is 25.8 Å². The molecule has 0 spiro atoms. The lowest BCUT2D eigenvalue weighted by atomic mass is 10.1. The molecule has 1 amide bonds. The first-order chi connectivity index (χ1) is 11.1. The van der Waals surface area contributed by atoms with Crippen molar-refractivity contribution >= 4 is 11.7 Å². The lowest BCUT2D eigenvalue weighted by molar-refractivity contribution is 0.100. The average molecular weight is 314 g/mol. The first kappa shape index (κ1) is 15.5. The molecular weight excluding hydrogens is 292 g/mol. The normalized spacial score (nSPS) is 16.6. The van der Waals surface area contributed by atoms with Crippen molar-refractivity contribution in [1.82, 2.24) is 19.7 Å². The van der Waals surface area contributed by atoms with Gasteiger partial charge in [0.2, 0.25) is 0 Å². The van der Waals surface area contributed by atoms with Gasteiger partial charge >= 0.3 is 0 Å². The molecule has 3 heterocycles. The van der Waals surface area contributed by atoms with Crippen LogP contribution >= 0.6 is 0 Å². The lowest BCUT2D eigenvalue weighted by Gasteiger charge is -2.31. The fourth-order valence-electron chi connectivity index (χ4n) is 3.02. The quantitative estimate of drug-likeness (QED) is 0.885. The number of hydrogen-bond donors (Lipinski definition) is 2. The number of anilines is 1. The fourth-order valence-corrected chi connectivity index (χ4v) is 3.02. The second kappa shape index (κ2) is 6.37. The number of nitrogens with two attached hydrogens (primary N) is 2. The van der Waals surface area contributed by atoms with E-state index in [-0.39, 0.29) is 11.4 Å². The number of rotatable bonds is 4. The zero-order valence-corrected chi connectivity index (χ0v) is 13.3. The van der Waals surface area contributed by atoms with Crippen molar-refractivity contribution in [3.63, 3.8) is 0 Å². The van der Waals surface area contributed by atoms with Gasteiger partial charge in [0.1, 0.15) is 5.82 Å². The summed E-state index contributed by atoms with van der Waals surface area (Å²) >= 11 is 0. The zero-order chi connectivity index (χ0) is 16.4. The summed E-state index contributed by atoms with van der Waals surface area (Å²) in [5.74, 6) is -0.420. The van der Waals surface area contributed by atoms with E-state index in [0.717, 1.165) is 43.6 Å². The lowest BCUT2D eigenvalue weighted by Crippen LogP contribution is -2.34. The molecule has 1 aliphatic heterocycles. The van der Waals surface area contributed by atoms with Gasteiger partial charge in [-0.2, -0.15) is 5.10 Å². The second-order valence-corrected chi connectivity index (χ2v) is 5.90. The van der Waals surface area contributed by atoms with Gasteiger partial charge in [0.25, 0.3) is 5.91 Å². The van der Waals surface area contributed by atoms with Crippen molar-refractivity contribution in [2.24, 2.45) is 5.73 Å². The Kier molecular flexibility index (Phi) is 4.29. The van der Waals surface area contributed by atoms with Gasteiger partial charge in [-0.15, -0.1) is 0 Å². The molecule has 1 saturated heterocycles. The van der Waals surface area contributed by atoms with Crippen LogP contribution in [0.5, 0.6) is 0 Å². The Balaban J connectivity index is 1.80. The van der Waals surface area contributed by atoms with Gasteiger partial charge in [0.05, 0.1) is 17.8 Å². The molecule has 0 aliphatic carbocycles. The molecule has 0 unspecified atom stereocenters. The standard InChI is InChI=1S/C16H22N6O/c1-2-21-5-3-13(4-6-21)22-10-12(9-20-22)11-7-14(16(18)23)15(17)19-8-11/h7-10,13H,2-6H2,1H3,(H2,17,19)(H2,18,23). The third-order valence-corrected chi connectivity index (χ3v) is 4.50. The number of carbonyl (C=O) groups excluding carboxylic acids is 1. The van der Waals surface area contributed by atoms with E-state index < -0.39 is 5.91 Å². The highest BCUT2D eigenvalue weighted by atomic mass is 16.1. The molecule has 7 nitrogen and oxygen atoms in total. The van der Waals surface area contributed by atoms with Gasteiger partial charge < -0.3 is 16.4 Å². The maximum Gasteiger partial charge on any atom is 0.252 e. The number of amides is 1. The van der Waals surface area contributed by atoms with Gasteiger partial charge in [-0.05, 0) is 25.5 Å². The van der Waals surface area contributed by atoms with Gasteiger partial charge in [-0.1, -0.05) is 6.92 Å². The minimum atomic E-state index is -0.573. The van der Waals surface area contributed by atoms with Crippen LogP contribution in [0.3, 0.4) is 0 Å². The van der Waals surface area contributed by atoms with Crippen molar-refractivity contribution in [2.75, 3.05) is 25.4 Å². The number of nitrogen functional groups attached to an aromatic ring is 1. The largest absolute Gasteiger partial charge is 0.383 e. The Morgan fingerprint density at radius 3 is 2.70 bits per heavy atom. The molecule has 1 aliphatic rings. The molecule has 3 rings (SSSR count). The second-order valence-electron chi connectivity index (χ2n) is 5.90. The molecule has 0 atom stereocenters. The predicted octanol–water partition coefficient (Wildman–Crippen LogP) is 1.28. The number of nitrogens with zero attached hydrogens (tertiary/aromatic N) is 4. The minimum absolute atomic E-state index is 0.153. The predicted molar refractivity (Wildman–Crippen MR) is 88.8 cm³/mol. The number of piperidine rings is 1. The Morgan fingerprint density at radius 2 is 2.04 bits per heavy atom. The maximum atomic E-state index is 11.4. The highest BCUT2D eigenvalue weighted by molar-refractivity contribution is 5.98. The molecule has 2 aromatic rings. The van der Waals surface area contributed by atoms with Gasteiger partial charge in [-0.3, -0.25) is 9.48 Å². The van der Waals surface area contributed by atoms with E-state index in [0.29, 0.717) is 6.04 Å². The Bertz CT molecular complexity index is 702. The summed E-state index contributed by atoms with van der Waals surface area (Å²) in [6.07, 6.45) is 7.64. The van der Waals surface area contributed by atoms with E-state index in [9.17, 15) is 4.79 Å². The van der Waals surface area contributed by atoms with Crippen LogP contribution in [0.1, 0.15) is 36.2 Å². The molecule has 4 N–H and O–H groups in total. The summed E-state index contributed by atoms with van der Waals surface area (Å²) in [5.41, 5.74) is 13.0. The van der Waals surface area contributed by atoms with Crippen molar-refractivity contribution in [1.29, 1.82) is 0 Å². The fraction of sp³-hybridized carbons (Fsp3) is 0.438. The van der Waals surface area contributed by atoms with Crippen LogP contribution in [-0.4, -0.2) is 45.2 Å². The molecule has 2 aromatic heterocycles. The van der Waals surface area contributed by atoms with Crippen molar-refractivity contribution in [3.05, 3.63) is 30.2 Å². The van der Waals surface area contributed by atoms with E-state index in [1.807, 2.05) is 10.9 Å². The van der Waals surface area contributed by atoms with Crippen molar-refractivity contribution < 1.29 is 4.79 Å². The number of aromatic nitrogens is 3. The third kappa shape index (κ3) is 3.19. The van der Waals surface area contributed by atoms with Gasteiger partial charge in [0, 0.05) is 36.6 Å². The number of likely N-dealkylation sites (tertiary alicyclic amines) is 1. The number of pyridine rings is 1. The Hall–Kier alpha value is -2.41. The molecule has 7 heteroatoms. The summed E-state index contributed by atoms with van der Waals surface area (Å²) in [4.78, 5) is 17.9. The van der Waals surface area contributed by atoms with E-state index in [4.69, 9.17) is 11.5 Å². The van der Waals surface area contributed by atoms with Crippen LogP contribution < -0.4 is 11.5 Å². The highest BCUT2D eigenvalue weighted by Gasteiger charge is 2.20. The SMILES string of the molecule is CCN1CCC(n2cc(-c3cnc(N)c(C(N)=O)c3)cn2)CC1. The number of hydrogen-bond acceptors (Lipinski definition) is 5. The molecule has 122 valence electrons. The number of carbonyl (C=O) groups is 1. The smallest absolute Gasteiger partial charge is 0.252 e. The first-order valence-electron chi connectivity index (χ1n) is 7.90.